The Morgan fingerprint density at radius 1 is 0.944 bits per heavy atom. The molecule has 0 radical (unpaired) electrons. The number of carbonyl (C=O) groups excluding carboxylic acids is 2. The fourth-order valence-electron chi connectivity index (χ4n) is 5.23. The largest absolute Gasteiger partial charge is 0.484 e. The molecular weight excluding hydrogens is 454 g/mol. The number of amides is 2. The predicted molar refractivity (Wildman–Crippen MR) is 141 cm³/mol. The maximum Gasteiger partial charge on any atom is 0.260 e. The van der Waals surface area contributed by atoms with Gasteiger partial charge in [-0.15, -0.1) is 0 Å². The smallest absolute Gasteiger partial charge is 0.260 e. The van der Waals surface area contributed by atoms with Crippen molar-refractivity contribution < 1.29 is 19.1 Å². The van der Waals surface area contributed by atoms with E-state index in [-0.39, 0.29) is 18.4 Å². The Hall–Kier alpha value is -2.90. The lowest BCUT2D eigenvalue weighted by atomic mass is 10.1. The van der Waals surface area contributed by atoms with E-state index in [0.29, 0.717) is 25.7 Å². The van der Waals surface area contributed by atoms with Gasteiger partial charge in [-0.25, -0.2) is 0 Å². The first-order chi connectivity index (χ1) is 17.5. The van der Waals surface area contributed by atoms with Crippen molar-refractivity contribution in [2.45, 2.75) is 52.1 Å². The summed E-state index contributed by atoms with van der Waals surface area (Å²) in [5, 5.41) is 0. The van der Waals surface area contributed by atoms with Crippen LogP contribution in [0.25, 0.3) is 0 Å². The fourth-order valence-corrected chi connectivity index (χ4v) is 5.23. The maximum atomic E-state index is 13.4. The van der Waals surface area contributed by atoms with Gasteiger partial charge in [-0.05, 0) is 55.9 Å². The van der Waals surface area contributed by atoms with Crippen LogP contribution in [0.4, 0.5) is 5.69 Å². The van der Waals surface area contributed by atoms with Crippen molar-refractivity contribution in [1.82, 2.24) is 9.80 Å². The topological polar surface area (TPSA) is 62.3 Å². The zero-order chi connectivity index (χ0) is 25.3. The Kier molecular flexibility index (Phi) is 9.36. The summed E-state index contributed by atoms with van der Waals surface area (Å²) in [6.07, 6.45) is 3.88. The van der Waals surface area contributed by atoms with Gasteiger partial charge in [-0.2, -0.15) is 0 Å². The molecule has 2 heterocycles. The molecule has 0 bridgehead atoms. The van der Waals surface area contributed by atoms with Crippen molar-refractivity contribution >= 4 is 17.5 Å². The molecule has 36 heavy (non-hydrogen) atoms. The molecule has 0 spiro atoms. The van der Waals surface area contributed by atoms with E-state index in [9.17, 15) is 9.59 Å². The molecule has 4 rings (SSSR count). The Labute approximate surface area is 215 Å². The molecule has 1 fully saturated rings. The Morgan fingerprint density at radius 2 is 1.64 bits per heavy atom. The number of benzene rings is 2. The summed E-state index contributed by atoms with van der Waals surface area (Å²) in [5.41, 5.74) is 2.88. The number of aryl methyl sites for hydroxylation is 1. The minimum absolute atomic E-state index is 0.00682. The van der Waals surface area contributed by atoms with Gasteiger partial charge in [-0.1, -0.05) is 36.4 Å². The molecule has 1 saturated heterocycles. The zero-order valence-electron chi connectivity index (χ0n) is 21.7. The minimum atomic E-state index is -0.0443. The lowest BCUT2D eigenvalue weighted by Crippen LogP contribution is -2.44. The second kappa shape index (κ2) is 12.9. The molecule has 0 atom stereocenters. The third kappa shape index (κ3) is 6.86. The molecule has 2 aromatic rings. The van der Waals surface area contributed by atoms with Crippen molar-refractivity contribution in [3.05, 3.63) is 59.7 Å². The maximum absolute atomic E-state index is 13.4. The third-order valence-electron chi connectivity index (χ3n) is 7.23. The van der Waals surface area contributed by atoms with E-state index < -0.39 is 0 Å². The van der Waals surface area contributed by atoms with Crippen LogP contribution in [-0.2, 0) is 20.9 Å². The lowest BCUT2D eigenvalue weighted by molar-refractivity contribution is -0.134. The second-order valence-corrected chi connectivity index (χ2v) is 9.76. The van der Waals surface area contributed by atoms with Crippen LogP contribution in [0.2, 0.25) is 0 Å². The summed E-state index contributed by atoms with van der Waals surface area (Å²) >= 11 is 0. The summed E-state index contributed by atoms with van der Waals surface area (Å²) in [6.45, 7) is 8.81. The van der Waals surface area contributed by atoms with E-state index in [1.807, 2.05) is 65.3 Å². The number of ether oxygens (including phenoxy) is 2. The van der Waals surface area contributed by atoms with Crippen molar-refractivity contribution in [1.29, 1.82) is 0 Å². The molecule has 2 aliphatic rings. The molecule has 2 aromatic carbocycles. The van der Waals surface area contributed by atoms with Crippen LogP contribution in [0.15, 0.2) is 48.5 Å². The van der Waals surface area contributed by atoms with Crippen molar-refractivity contribution in [2.24, 2.45) is 0 Å². The SMILES string of the molecule is CC(=O)N1CCCN(C2CCOCC2)CCCN(C(=O)COc2ccccc2C)Cc2ccccc21. The lowest BCUT2D eigenvalue weighted by Gasteiger charge is -2.36. The molecule has 7 nitrogen and oxygen atoms in total. The van der Waals surface area contributed by atoms with Crippen LogP contribution in [0.1, 0.15) is 43.7 Å². The number of anilines is 1. The minimum Gasteiger partial charge on any atom is -0.484 e. The second-order valence-electron chi connectivity index (χ2n) is 9.76. The first-order valence-electron chi connectivity index (χ1n) is 13.2. The fraction of sp³-hybridized carbons (Fsp3) is 0.517. The average Bonchev–Trinajstić information content (AvgIpc) is 2.88. The number of carbonyl (C=O) groups is 2. The molecule has 0 aromatic heterocycles. The van der Waals surface area contributed by atoms with Gasteiger partial charge < -0.3 is 24.2 Å². The van der Waals surface area contributed by atoms with E-state index in [1.54, 1.807) is 6.92 Å². The third-order valence-corrected chi connectivity index (χ3v) is 7.23. The van der Waals surface area contributed by atoms with Crippen LogP contribution < -0.4 is 9.64 Å². The summed E-state index contributed by atoms with van der Waals surface area (Å²) in [5.74, 6) is 0.712. The molecule has 7 heteroatoms. The Balaban J connectivity index is 1.55. The number of para-hydroxylation sites is 2. The molecule has 2 amide bonds. The van der Waals surface area contributed by atoms with E-state index in [2.05, 4.69) is 4.90 Å². The predicted octanol–water partition coefficient (Wildman–Crippen LogP) is 4.03. The highest BCUT2D eigenvalue weighted by molar-refractivity contribution is 5.92. The van der Waals surface area contributed by atoms with Gasteiger partial charge in [0.15, 0.2) is 6.61 Å². The van der Waals surface area contributed by atoms with Crippen LogP contribution in [-0.4, -0.2) is 73.7 Å². The number of nitrogens with zero attached hydrogens (tertiary/aromatic N) is 3. The number of fused-ring (bicyclic) bond motifs is 1. The first kappa shape index (κ1) is 26.2. The van der Waals surface area contributed by atoms with Crippen molar-refractivity contribution in [2.75, 3.05) is 50.9 Å². The van der Waals surface area contributed by atoms with E-state index >= 15 is 0 Å². The summed E-state index contributed by atoms with van der Waals surface area (Å²) in [7, 11) is 0. The summed E-state index contributed by atoms with van der Waals surface area (Å²) < 4.78 is 11.5. The molecule has 0 N–H and O–H groups in total. The van der Waals surface area contributed by atoms with Crippen LogP contribution in [0.5, 0.6) is 5.75 Å². The number of hydrogen-bond donors (Lipinski definition) is 0. The number of hydrogen-bond acceptors (Lipinski definition) is 5. The Bertz CT molecular complexity index is 1020. The van der Waals surface area contributed by atoms with E-state index in [0.717, 1.165) is 74.6 Å². The zero-order valence-corrected chi connectivity index (χ0v) is 21.7. The highest BCUT2D eigenvalue weighted by Crippen LogP contribution is 2.25. The summed E-state index contributed by atoms with van der Waals surface area (Å²) in [6, 6.07) is 16.2. The monoisotopic (exact) mass is 493 g/mol. The van der Waals surface area contributed by atoms with Crippen molar-refractivity contribution in [3.8, 4) is 5.75 Å². The van der Waals surface area contributed by atoms with Gasteiger partial charge in [0.05, 0.1) is 0 Å². The van der Waals surface area contributed by atoms with Crippen LogP contribution in [0.3, 0.4) is 0 Å². The molecule has 0 unspecified atom stereocenters. The van der Waals surface area contributed by atoms with Gasteiger partial charge >= 0.3 is 0 Å². The molecular formula is C29H39N3O4. The average molecular weight is 494 g/mol. The van der Waals surface area contributed by atoms with E-state index in [4.69, 9.17) is 9.47 Å². The number of rotatable bonds is 4. The first-order valence-corrected chi connectivity index (χ1v) is 13.2. The molecule has 2 aliphatic heterocycles. The quantitative estimate of drug-likeness (QED) is 0.644. The van der Waals surface area contributed by atoms with Crippen LogP contribution >= 0.6 is 0 Å². The molecule has 0 aliphatic carbocycles. The highest BCUT2D eigenvalue weighted by atomic mass is 16.5. The Morgan fingerprint density at radius 3 is 2.39 bits per heavy atom. The normalized spacial score (nSPS) is 18.6. The van der Waals surface area contributed by atoms with Gasteiger partial charge in [0.1, 0.15) is 5.75 Å². The highest BCUT2D eigenvalue weighted by Gasteiger charge is 2.25. The standard InChI is InChI=1S/C29H39N3O4/c1-23-9-3-6-12-28(23)36-22-29(34)31-17-7-15-30(26-13-19-35-20-14-26)16-8-18-32(24(2)33)27-11-5-4-10-25(27)21-31/h3-6,9-12,26H,7-8,13-22H2,1-2H3. The van der Waals surface area contributed by atoms with Gasteiger partial charge in [0, 0.05) is 64.6 Å². The van der Waals surface area contributed by atoms with Gasteiger partial charge in [0.2, 0.25) is 5.91 Å². The van der Waals surface area contributed by atoms with E-state index in [1.165, 1.54) is 0 Å². The molecule has 194 valence electrons. The van der Waals surface area contributed by atoms with Gasteiger partial charge in [-0.3, -0.25) is 9.59 Å². The van der Waals surface area contributed by atoms with Crippen molar-refractivity contribution in [3.63, 3.8) is 0 Å². The van der Waals surface area contributed by atoms with Crippen LogP contribution in [0, 0.1) is 6.92 Å². The molecule has 0 saturated carbocycles. The summed E-state index contributed by atoms with van der Waals surface area (Å²) in [4.78, 5) is 32.4. The van der Waals surface area contributed by atoms with Gasteiger partial charge in [0.25, 0.3) is 5.91 Å².